The summed E-state index contributed by atoms with van der Waals surface area (Å²) in [5.41, 5.74) is 2.55. The van der Waals surface area contributed by atoms with E-state index in [0.717, 1.165) is 4.47 Å². The number of carbonyl (C=O) groups is 2. The van der Waals surface area contributed by atoms with Crippen molar-refractivity contribution in [1.82, 2.24) is 10.4 Å². The van der Waals surface area contributed by atoms with Crippen LogP contribution in [0.15, 0.2) is 34.0 Å². The van der Waals surface area contributed by atoms with E-state index in [4.69, 9.17) is 9.47 Å². The zero-order chi connectivity index (χ0) is 17.7. The molecular weight excluding hydrogens is 382 g/mol. The van der Waals surface area contributed by atoms with Gasteiger partial charge in [0.1, 0.15) is 5.69 Å². The first kappa shape index (κ1) is 17.5. The molecule has 0 aliphatic heterocycles. The number of hydrogen-bond acceptors (Lipinski definition) is 6. The third-order valence-electron chi connectivity index (χ3n) is 3.04. The van der Waals surface area contributed by atoms with Gasteiger partial charge in [0.05, 0.1) is 32.0 Å². The number of hydrogen-bond donors (Lipinski definition) is 2. The highest BCUT2D eigenvalue weighted by Crippen LogP contribution is 2.32. The average Bonchev–Trinajstić information content (AvgIpc) is 3.00. The monoisotopic (exact) mass is 394 g/mol. The topological polar surface area (TPSA) is 116 Å². The fourth-order valence-corrected chi connectivity index (χ4v) is 2.32. The summed E-state index contributed by atoms with van der Waals surface area (Å²) < 4.78 is 10.8. The summed E-state index contributed by atoms with van der Waals surface area (Å²) in [5, 5.41) is 15.1. The van der Waals surface area contributed by atoms with Crippen molar-refractivity contribution >= 4 is 34.0 Å². The molecule has 1 aromatic heterocycles. The highest BCUT2D eigenvalue weighted by Gasteiger charge is 2.15. The van der Waals surface area contributed by atoms with Gasteiger partial charge in [-0.3, -0.25) is 4.79 Å². The molecule has 0 radical (unpaired) electrons. The molecule has 2 rings (SSSR count). The van der Waals surface area contributed by atoms with Crippen LogP contribution in [0.4, 0.5) is 0 Å². The summed E-state index contributed by atoms with van der Waals surface area (Å²) in [6, 6.07) is 4.57. The summed E-state index contributed by atoms with van der Waals surface area (Å²) in [4.78, 5) is 26.0. The molecular formula is C15H13BrN3O5-. The zero-order valence-corrected chi connectivity index (χ0v) is 14.3. The third kappa shape index (κ3) is 3.74. The van der Waals surface area contributed by atoms with Crippen LogP contribution in [0, 0.1) is 0 Å². The van der Waals surface area contributed by atoms with E-state index < -0.39 is 11.9 Å². The molecule has 0 spiro atoms. The number of rotatable bonds is 6. The highest BCUT2D eigenvalue weighted by atomic mass is 79.9. The van der Waals surface area contributed by atoms with E-state index in [1.54, 1.807) is 12.3 Å². The lowest BCUT2D eigenvalue weighted by Crippen LogP contribution is -2.25. The van der Waals surface area contributed by atoms with Gasteiger partial charge < -0.3 is 24.4 Å². The van der Waals surface area contributed by atoms with E-state index in [-0.39, 0.29) is 22.6 Å². The van der Waals surface area contributed by atoms with Gasteiger partial charge in [-0.15, -0.1) is 0 Å². The summed E-state index contributed by atoms with van der Waals surface area (Å²) >= 11 is 3.21. The molecule has 0 saturated heterocycles. The lowest BCUT2D eigenvalue weighted by Gasteiger charge is -2.15. The Balaban J connectivity index is 2.25. The third-order valence-corrected chi connectivity index (χ3v) is 3.50. The van der Waals surface area contributed by atoms with E-state index >= 15 is 0 Å². The van der Waals surface area contributed by atoms with Crippen molar-refractivity contribution in [3.8, 4) is 11.5 Å². The molecule has 24 heavy (non-hydrogen) atoms. The minimum absolute atomic E-state index is 0.0149. The Hall–Kier alpha value is -2.81. The number of halogens is 1. The molecule has 8 nitrogen and oxygen atoms in total. The lowest BCUT2D eigenvalue weighted by atomic mass is 10.1. The van der Waals surface area contributed by atoms with Gasteiger partial charge in [-0.1, -0.05) is 0 Å². The van der Waals surface area contributed by atoms with E-state index in [9.17, 15) is 14.7 Å². The number of carboxylic acid groups (broad SMARTS) is 1. The van der Waals surface area contributed by atoms with Crippen molar-refractivity contribution in [3.05, 3.63) is 45.7 Å². The molecule has 0 atom stereocenters. The smallest absolute Gasteiger partial charge is 0.287 e. The standard InChI is InChI=1S/C15H14BrN3O5/c1-23-11-4-3-8(12(15(21)22)13(11)24-2)6-18-19-14(20)10-5-9(16)7-17-10/h3-7,17H,1-2H3,(H,19,20)(H,21,22)/p-1/b18-6-. The van der Waals surface area contributed by atoms with Crippen molar-refractivity contribution in [2.75, 3.05) is 14.2 Å². The largest absolute Gasteiger partial charge is 0.545 e. The number of carbonyl (C=O) groups excluding carboxylic acids is 2. The lowest BCUT2D eigenvalue weighted by molar-refractivity contribution is -0.255. The van der Waals surface area contributed by atoms with Gasteiger partial charge in [-0.25, -0.2) is 5.43 Å². The summed E-state index contributed by atoms with van der Waals surface area (Å²) in [5.74, 6) is -1.67. The molecule has 2 N–H and O–H groups in total. The van der Waals surface area contributed by atoms with Crippen LogP contribution in [0.5, 0.6) is 11.5 Å². The number of amides is 1. The quantitative estimate of drug-likeness (QED) is 0.558. The number of benzene rings is 1. The first-order valence-electron chi connectivity index (χ1n) is 6.61. The van der Waals surface area contributed by atoms with Gasteiger partial charge in [-0.05, 0) is 34.1 Å². The Morgan fingerprint density at radius 3 is 2.62 bits per heavy atom. The minimum atomic E-state index is -1.45. The molecule has 1 heterocycles. The molecule has 1 amide bonds. The maximum Gasteiger partial charge on any atom is 0.287 e. The number of ether oxygens (including phenoxy) is 2. The van der Waals surface area contributed by atoms with Crippen LogP contribution in [0.25, 0.3) is 0 Å². The Morgan fingerprint density at radius 1 is 1.33 bits per heavy atom. The van der Waals surface area contributed by atoms with Crippen LogP contribution in [0.3, 0.4) is 0 Å². The molecule has 126 valence electrons. The molecule has 0 saturated carbocycles. The van der Waals surface area contributed by atoms with Crippen molar-refractivity contribution in [3.63, 3.8) is 0 Å². The zero-order valence-electron chi connectivity index (χ0n) is 12.8. The van der Waals surface area contributed by atoms with E-state index in [0.29, 0.717) is 5.69 Å². The number of nitrogens with one attached hydrogen (secondary N) is 2. The fourth-order valence-electron chi connectivity index (χ4n) is 1.98. The predicted molar refractivity (Wildman–Crippen MR) is 87.4 cm³/mol. The van der Waals surface area contributed by atoms with Gasteiger partial charge in [0, 0.05) is 16.2 Å². The molecule has 2 aromatic rings. The van der Waals surface area contributed by atoms with Crippen molar-refractivity contribution in [1.29, 1.82) is 0 Å². The van der Waals surface area contributed by atoms with Crippen LogP contribution in [0.2, 0.25) is 0 Å². The van der Waals surface area contributed by atoms with Gasteiger partial charge in [0.15, 0.2) is 11.5 Å². The molecule has 1 aromatic carbocycles. The highest BCUT2D eigenvalue weighted by molar-refractivity contribution is 9.10. The second-order valence-electron chi connectivity index (χ2n) is 4.48. The second kappa shape index (κ2) is 7.64. The number of aromatic amines is 1. The van der Waals surface area contributed by atoms with Crippen molar-refractivity contribution in [2.45, 2.75) is 0 Å². The second-order valence-corrected chi connectivity index (χ2v) is 5.40. The predicted octanol–water partition coefficient (Wildman–Crippen LogP) is 0.922. The first-order valence-corrected chi connectivity index (χ1v) is 7.40. The van der Waals surface area contributed by atoms with Gasteiger partial charge in [-0.2, -0.15) is 5.10 Å². The molecule has 0 fully saturated rings. The number of aromatic nitrogens is 1. The molecule has 9 heteroatoms. The summed E-state index contributed by atoms with van der Waals surface area (Å²) in [6.45, 7) is 0. The molecule has 0 bridgehead atoms. The van der Waals surface area contributed by atoms with E-state index in [1.807, 2.05) is 0 Å². The van der Waals surface area contributed by atoms with Crippen molar-refractivity contribution in [2.24, 2.45) is 5.10 Å². The van der Waals surface area contributed by atoms with E-state index in [1.165, 1.54) is 32.6 Å². The normalized spacial score (nSPS) is 10.6. The van der Waals surface area contributed by atoms with Crippen LogP contribution in [0.1, 0.15) is 26.4 Å². The van der Waals surface area contributed by atoms with Gasteiger partial charge in [0.2, 0.25) is 0 Å². The molecule has 0 aliphatic rings. The average molecular weight is 395 g/mol. The van der Waals surface area contributed by atoms with Crippen LogP contribution in [-0.4, -0.2) is 37.3 Å². The van der Waals surface area contributed by atoms with Crippen LogP contribution in [-0.2, 0) is 0 Å². The molecule has 0 unspecified atom stereocenters. The number of H-pyrrole nitrogens is 1. The minimum Gasteiger partial charge on any atom is -0.545 e. The Labute approximate surface area is 145 Å². The number of aromatic carboxylic acids is 1. The van der Waals surface area contributed by atoms with E-state index in [2.05, 4.69) is 31.4 Å². The van der Waals surface area contributed by atoms with Gasteiger partial charge in [0.25, 0.3) is 5.91 Å². The number of nitrogens with zero attached hydrogens (tertiary/aromatic N) is 1. The Morgan fingerprint density at radius 2 is 2.08 bits per heavy atom. The molecule has 0 aliphatic carbocycles. The van der Waals surface area contributed by atoms with Crippen LogP contribution >= 0.6 is 15.9 Å². The Kier molecular flexibility index (Phi) is 5.59. The number of hydrazone groups is 1. The summed E-state index contributed by atoms with van der Waals surface area (Å²) in [7, 11) is 2.70. The SMILES string of the molecule is COc1ccc(/C=N\NC(=O)c2cc(Br)c[nH]2)c(C(=O)[O-])c1OC. The van der Waals surface area contributed by atoms with Crippen molar-refractivity contribution < 1.29 is 24.2 Å². The maximum absolute atomic E-state index is 11.8. The number of carboxylic acids is 1. The number of methoxy groups -OCH3 is 2. The maximum atomic E-state index is 11.8. The first-order chi connectivity index (χ1) is 11.5. The van der Waals surface area contributed by atoms with Crippen LogP contribution < -0.4 is 20.0 Å². The fraction of sp³-hybridized carbons (Fsp3) is 0.133. The Bertz CT molecular complexity index is 800. The summed E-state index contributed by atoms with van der Waals surface area (Å²) in [6.07, 6.45) is 2.78. The van der Waals surface area contributed by atoms with Gasteiger partial charge >= 0.3 is 0 Å².